The number of rotatable bonds is 7. The van der Waals surface area contributed by atoms with Gasteiger partial charge in [-0.2, -0.15) is 0 Å². The van der Waals surface area contributed by atoms with Crippen molar-refractivity contribution in [2.75, 3.05) is 6.61 Å². The Labute approximate surface area is 153 Å². The van der Waals surface area contributed by atoms with Gasteiger partial charge in [0.15, 0.2) is 6.61 Å². The van der Waals surface area contributed by atoms with E-state index in [2.05, 4.69) is 17.2 Å². The fourth-order valence-electron chi connectivity index (χ4n) is 2.72. The van der Waals surface area contributed by atoms with E-state index < -0.39 is 0 Å². The van der Waals surface area contributed by atoms with Crippen molar-refractivity contribution in [3.8, 4) is 5.75 Å². The van der Waals surface area contributed by atoms with Gasteiger partial charge in [-0.25, -0.2) is 0 Å². The first-order valence-electron chi connectivity index (χ1n) is 8.72. The Kier molecular flexibility index (Phi) is 5.99. The average Bonchev–Trinajstić information content (AvgIpc) is 2.72. The van der Waals surface area contributed by atoms with E-state index in [1.165, 1.54) is 5.56 Å². The molecule has 0 aliphatic rings. The minimum absolute atomic E-state index is 0.0327. The molecule has 0 fully saturated rings. The zero-order valence-electron chi connectivity index (χ0n) is 14.8. The third kappa shape index (κ3) is 4.70. The lowest BCUT2D eigenvalue weighted by atomic mass is 10.0. The summed E-state index contributed by atoms with van der Waals surface area (Å²) in [5.41, 5.74) is 3.17. The van der Waals surface area contributed by atoms with E-state index in [9.17, 15) is 4.79 Å². The summed E-state index contributed by atoms with van der Waals surface area (Å²) in [4.78, 5) is 16.6. The number of nitrogens with zero attached hydrogens (tertiary/aromatic N) is 1. The minimum atomic E-state index is -0.261. The third-order valence-electron chi connectivity index (χ3n) is 4.16. The fourth-order valence-corrected chi connectivity index (χ4v) is 2.72. The Bertz CT molecular complexity index is 778. The highest BCUT2D eigenvalue weighted by Crippen LogP contribution is 2.21. The summed E-state index contributed by atoms with van der Waals surface area (Å²) in [6, 6.07) is 21.2. The van der Waals surface area contributed by atoms with Crippen molar-refractivity contribution in [1.82, 2.24) is 10.3 Å². The maximum atomic E-state index is 12.4. The van der Waals surface area contributed by atoms with E-state index in [1.54, 1.807) is 12.4 Å². The van der Waals surface area contributed by atoms with Gasteiger partial charge in [0.1, 0.15) is 5.75 Å². The van der Waals surface area contributed by atoms with Crippen molar-refractivity contribution >= 4 is 5.91 Å². The lowest BCUT2D eigenvalue weighted by Crippen LogP contribution is -2.33. The van der Waals surface area contributed by atoms with Crippen LogP contribution in [0.2, 0.25) is 0 Å². The fraction of sp³-hybridized carbons (Fsp3) is 0.182. The summed E-state index contributed by atoms with van der Waals surface area (Å²) in [7, 11) is 0. The van der Waals surface area contributed by atoms with E-state index in [0.29, 0.717) is 5.75 Å². The molecule has 4 nitrogen and oxygen atoms in total. The summed E-state index contributed by atoms with van der Waals surface area (Å²) >= 11 is 0. The van der Waals surface area contributed by atoms with Crippen LogP contribution in [0.25, 0.3) is 0 Å². The molecule has 0 radical (unpaired) electrons. The molecule has 132 valence electrons. The lowest BCUT2D eigenvalue weighted by Gasteiger charge is -2.19. The first-order valence-corrected chi connectivity index (χ1v) is 8.72. The molecule has 1 unspecified atom stereocenters. The number of amides is 1. The van der Waals surface area contributed by atoms with Gasteiger partial charge in [0.05, 0.1) is 6.04 Å². The SMILES string of the molecule is CCc1ccc(OCC(=O)NC(c2ccccc2)c2cccnc2)cc1. The van der Waals surface area contributed by atoms with Crippen LogP contribution in [-0.4, -0.2) is 17.5 Å². The van der Waals surface area contributed by atoms with E-state index in [-0.39, 0.29) is 18.6 Å². The highest BCUT2D eigenvalue weighted by Gasteiger charge is 2.17. The van der Waals surface area contributed by atoms with E-state index in [4.69, 9.17) is 4.74 Å². The standard InChI is InChI=1S/C22H22N2O2/c1-2-17-10-12-20(13-11-17)26-16-21(25)24-22(18-7-4-3-5-8-18)19-9-6-14-23-15-19/h3-15,22H,2,16H2,1H3,(H,24,25). The molecule has 1 atom stereocenters. The van der Waals surface area contributed by atoms with Gasteiger partial charge in [0.25, 0.3) is 5.91 Å². The minimum Gasteiger partial charge on any atom is -0.484 e. The average molecular weight is 346 g/mol. The number of carbonyl (C=O) groups excluding carboxylic acids is 1. The van der Waals surface area contributed by atoms with Gasteiger partial charge in [0, 0.05) is 12.4 Å². The second-order valence-corrected chi connectivity index (χ2v) is 5.98. The van der Waals surface area contributed by atoms with Crippen molar-refractivity contribution in [2.45, 2.75) is 19.4 Å². The molecule has 1 N–H and O–H groups in total. The molecule has 1 aromatic heterocycles. The molecule has 0 spiro atoms. The van der Waals surface area contributed by atoms with Crippen LogP contribution in [0.15, 0.2) is 79.1 Å². The molecule has 3 aromatic rings. The monoisotopic (exact) mass is 346 g/mol. The van der Waals surface area contributed by atoms with Crippen LogP contribution in [-0.2, 0) is 11.2 Å². The number of aryl methyl sites for hydroxylation is 1. The Balaban J connectivity index is 1.67. The summed E-state index contributed by atoms with van der Waals surface area (Å²) < 4.78 is 5.61. The maximum absolute atomic E-state index is 12.4. The quantitative estimate of drug-likeness (QED) is 0.705. The van der Waals surface area contributed by atoms with Crippen LogP contribution < -0.4 is 10.1 Å². The molecule has 26 heavy (non-hydrogen) atoms. The third-order valence-corrected chi connectivity index (χ3v) is 4.16. The number of hydrogen-bond acceptors (Lipinski definition) is 3. The summed E-state index contributed by atoms with van der Waals surface area (Å²) in [5.74, 6) is 0.511. The van der Waals surface area contributed by atoms with Crippen LogP contribution in [0.1, 0.15) is 29.7 Å². The predicted octanol–water partition coefficient (Wildman–Crippen LogP) is 3.93. The van der Waals surface area contributed by atoms with E-state index in [1.807, 2.05) is 66.7 Å². The Morgan fingerprint density at radius 2 is 1.73 bits per heavy atom. The maximum Gasteiger partial charge on any atom is 0.258 e. The molecule has 2 aromatic carbocycles. The van der Waals surface area contributed by atoms with Crippen molar-refractivity contribution < 1.29 is 9.53 Å². The second-order valence-electron chi connectivity index (χ2n) is 5.98. The number of nitrogens with one attached hydrogen (secondary N) is 1. The molecule has 0 bridgehead atoms. The summed E-state index contributed by atoms with van der Waals surface area (Å²) in [6.45, 7) is 2.07. The summed E-state index contributed by atoms with van der Waals surface area (Å²) in [5, 5.41) is 3.04. The van der Waals surface area contributed by atoms with Gasteiger partial charge < -0.3 is 10.1 Å². The summed E-state index contributed by atoms with van der Waals surface area (Å²) in [6.07, 6.45) is 4.46. The Morgan fingerprint density at radius 1 is 1.00 bits per heavy atom. The zero-order valence-corrected chi connectivity index (χ0v) is 14.8. The Hall–Kier alpha value is -3.14. The molecule has 1 amide bonds. The first kappa shape index (κ1) is 17.7. The van der Waals surface area contributed by atoms with Crippen molar-refractivity contribution in [3.05, 3.63) is 95.8 Å². The van der Waals surface area contributed by atoms with Gasteiger partial charge in [0.2, 0.25) is 0 Å². The number of pyridine rings is 1. The molecule has 0 aliphatic heterocycles. The number of ether oxygens (including phenoxy) is 1. The first-order chi connectivity index (χ1) is 12.8. The highest BCUT2D eigenvalue weighted by molar-refractivity contribution is 5.78. The second kappa shape index (κ2) is 8.81. The van der Waals surface area contributed by atoms with Crippen molar-refractivity contribution in [1.29, 1.82) is 0 Å². The van der Waals surface area contributed by atoms with Crippen LogP contribution in [0.5, 0.6) is 5.75 Å². The van der Waals surface area contributed by atoms with Gasteiger partial charge in [-0.15, -0.1) is 0 Å². The lowest BCUT2D eigenvalue weighted by molar-refractivity contribution is -0.123. The predicted molar refractivity (Wildman–Crippen MR) is 102 cm³/mol. The number of benzene rings is 2. The number of hydrogen-bond donors (Lipinski definition) is 1. The van der Waals surface area contributed by atoms with Crippen LogP contribution in [0.3, 0.4) is 0 Å². The molecule has 3 rings (SSSR count). The number of aromatic nitrogens is 1. The topological polar surface area (TPSA) is 51.2 Å². The largest absolute Gasteiger partial charge is 0.484 e. The highest BCUT2D eigenvalue weighted by atomic mass is 16.5. The van der Waals surface area contributed by atoms with Crippen LogP contribution >= 0.6 is 0 Å². The molecule has 0 saturated heterocycles. The van der Waals surface area contributed by atoms with Crippen molar-refractivity contribution in [3.63, 3.8) is 0 Å². The zero-order chi connectivity index (χ0) is 18.2. The van der Waals surface area contributed by atoms with Gasteiger partial charge in [-0.3, -0.25) is 9.78 Å². The molecule has 0 aliphatic carbocycles. The molecule has 1 heterocycles. The van der Waals surface area contributed by atoms with Crippen molar-refractivity contribution in [2.24, 2.45) is 0 Å². The molecule has 4 heteroatoms. The molecular formula is C22H22N2O2. The van der Waals surface area contributed by atoms with E-state index >= 15 is 0 Å². The normalized spacial score (nSPS) is 11.6. The Morgan fingerprint density at radius 3 is 2.38 bits per heavy atom. The van der Waals surface area contributed by atoms with Crippen LogP contribution in [0.4, 0.5) is 0 Å². The van der Waals surface area contributed by atoms with Gasteiger partial charge >= 0.3 is 0 Å². The van der Waals surface area contributed by atoms with Gasteiger partial charge in [-0.1, -0.05) is 55.5 Å². The van der Waals surface area contributed by atoms with Gasteiger partial charge in [-0.05, 0) is 41.3 Å². The van der Waals surface area contributed by atoms with Crippen LogP contribution in [0, 0.1) is 0 Å². The molecular weight excluding hydrogens is 324 g/mol. The van der Waals surface area contributed by atoms with E-state index in [0.717, 1.165) is 17.5 Å². The number of carbonyl (C=O) groups is 1. The molecule has 0 saturated carbocycles. The smallest absolute Gasteiger partial charge is 0.258 e.